The predicted molar refractivity (Wildman–Crippen MR) is 67.7 cm³/mol. The summed E-state index contributed by atoms with van der Waals surface area (Å²) in [4.78, 5) is 0. The highest BCUT2D eigenvalue weighted by atomic mass is 79.9. The zero-order valence-electron chi connectivity index (χ0n) is 9.66. The summed E-state index contributed by atoms with van der Waals surface area (Å²) >= 11 is 3.45. The average molecular weight is 285 g/mol. The van der Waals surface area contributed by atoms with Crippen molar-refractivity contribution in [3.05, 3.63) is 28.2 Å². The summed E-state index contributed by atoms with van der Waals surface area (Å²) in [5.41, 5.74) is 0.461. The van der Waals surface area contributed by atoms with E-state index in [9.17, 15) is 5.11 Å². The van der Waals surface area contributed by atoms with Crippen LogP contribution in [0.4, 0.5) is 0 Å². The maximum absolute atomic E-state index is 10.3. The first-order valence-electron chi connectivity index (χ1n) is 5.58. The Bertz CT molecular complexity index is 384. The molecule has 0 bridgehead atoms. The molecule has 0 aromatic heterocycles. The Kier molecular flexibility index (Phi) is 3.27. The van der Waals surface area contributed by atoms with Gasteiger partial charge in [-0.3, -0.25) is 0 Å². The molecule has 0 amide bonds. The van der Waals surface area contributed by atoms with Crippen LogP contribution in [0.3, 0.4) is 0 Å². The summed E-state index contributed by atoms with van der Waals surface area (Å²) in [6.07, 6.45) is 2.94. The van der Waals surface area contributed by atoms with Crippen LogP contribution in [0.25, 0.3) is 0 Å². The van der Waals surface area contributed by atoms with Crippen molar-refractivity contribution in [1.29, 1.82) is 0 Å². The van der Waals surface area contributed by atoms with Gasteiger partial charge >= 0.3 is 0 Å². The highest BCUT2D eigenvalue weighted by Gasteiger charge is 2.40. The summed E-state index contributed by atoms with van der Waals surface area (Å²) in [5, 5.41) is 10.3. The first-order chi connectivity index (χ1) is 7.53. The van der Waals surface area contributed by atoms with Crippen molar-refractivity contribution in [2.24, 2.45) is 5.92 Å². The summed E-state index contributed by atoms with van der Waals surface area (Å²) < 4.78 is 6.34. The molecule has 2 rings (SSSR count). The SMILES string of the molecule is COc1ccc(Br)cc1CC(C)(O)C1CC1. The fraction of sp³-hybridized carbons (Fsp3) is 0.538. The van der Waals surface area contributed by atoms with Crippen LogP contribution in [0.2, 0.25) is 0 Å². The summed E-state index contributed by atoms with van der Waals surface area (Å²) in [7, 11) is 1.67. The lowest BCUT2D eigenvalue weighted by Gasteiger charge is -2.24. The van der Waals surface area contributed by atoms with E-state index >= 15 is 0 Å². The van der Waals surface area contributed by atoms with Gasteiger partial charge < -0.3 is 9.84 Å². The number of methoxy groups -OCH3 is 1. The summed E-state index contributed by atoms with van der Waals surface area (Å²) in [5.74, 6) is 1.31. The van der Waals surface area contributed by atoms with Crippen molar-refractivity contribution in [2.75, 3.05) is 7.11 Å². The smallest absolute Gasteiger partial charge is 0.122 e. The molecular weight excluding hydrogens is 268 g/mol. The van der Waals surface area contributed by atoms with E-state index in [-0.39, 0.29) is 0 Å². The lowest BCUT2D eigenvalue weighted by atomic mass is 9.91. The monoisotopic (exact) mass is 284 g/mol. The van der Waals surface area contributed by atoms with Gasteiger partial charge in [-0.1, -0.05) is 15.9 Å². The van der Waals surface area contributed by atoms with Gasteiger partial charge in [0.15, 0.2) is 0 Å². The zero-order chi connectivity index (χ0) is 11.8. The van der Waals surface area contributed by atoms with Crippen molar-refractivity contribution in [3.63, 3.8) is 0 Å². The van der Waals surface area contributed by atoms with Crippen molar-refractivity contribution in [3.8, 4) is 5.75 Å². The minimum absolute atomic E-state index is 0.455. The van der Waals surface area contributed by atoms with E-state index < -0.39 is 5.60 Å². The molecule has 1 aromatic rings. The Hall–Kier alpha value is -0.540. The summed E-state index contributed by atoms with van der Waals surface area (Å²) in [6, 6.07) is 5.91. The molecule has 0 heterocycles. The van der Waals surface area contributed by atoms with Crippen LogP contribution >= 0.6 is 15.9 Å². The van der Waals surface area contributed by atoms with Crippen LogP contribution in [-0.2, 0) is 6.42 Å². The molecule has 1 N–H and O–H groups in total. The molecule has 1 aromatic carbocycles. The molecule has 3 heteroatoms. The maximum atomic E-state index is 10.3. The molecule has 0 spiro atoms. The predicted octanol–water partition coefficient (Wildman–Crippen LogP) is 3.16. The first kappa shape index (κ1) is 11.9. The third-order valence-electron chi connectivity index (χ3n) is 3.25. The van der Waals surface area contributed by atoms with Crippen LogP contribution < -0.4 is 4.74 Å². The standard InChI is InChI=1S/C13H17BrO2/c1-13(15,10-3-4-10)8-9-7-11(14)5-6-12(9)16-2/h5-7,10,15H,3-4,8H2,1-2H3. The van der Waals surface area contributed by atoms with Crippen LogP contribution in [0.1, 0.15) is 25.3 Å². The van der Waals surface area contributed by atoms with Crippen molar-refractivity contribution in [2.45, 2.75) is 31.8 Å². The van der Waals surface area contributed by atoms with Gasteiger partial charge in [-0.05, 0) is 49.4 Å². The van der Waals surface area contributed by atoms with E-state index in [2.05, 4.69) is 15.9 Å². The van der Waals surface area contributed by atoms with Crippen LogP contribution in [0.5, 0.6) is 5.75 Å². The second kappa shape index (κ2) is 4.38. The quantitative estimate of drug-likeness (QED) is 0.920. The maximum Gasteiger partial charge on any atom is 0.122 e. The largest absolute Gasteiger partial charge is 0.496 e. The highest BCUT2D eigenvalue weighted by molar-refractivity contribution is 9.10. The van der Waals surface area contributed by atoms with Gasteiger partial charge in [-0.25, -0.2) is 0 Å². The van der Waals surface area contributed by atoms with Gasteiger partial charge in [0.25, 0.3) is 0 Å². The second-order valence-electron chi connectivity index (χ2n) is 4.76. The number of benzene rings is 1. The molecule has 16 heavy (non-hydrogen) atoms. The molecule has 1 fully saturated rings. The number of halogens is 1. The van der Waals surface area contributed by atoms with E-state index in [0.29, 0.717) is 12.3 Å². The number of hydrogen-bond acceptors (Lipinski definition) is 2. The Balaban J connectivity index is 2.21. The van der Waals surface area contributed by atoms with Crippen LogP contribution in [0, 0.1) is 5.92 Å². The average Bonchev–Trinajstić information content (AvgIpc) is 3.00. The second-order valence-corrected chi connectivity index (χ2v) is 5.68. The highest BCUT2D eigenvalue weighted by Crippen LogP contribution is 2.42. The van der Waals surface area contributed by atoms with Gasteiger partial charge in [0, 0.05) is 10.9 Å². The molecule has 0 aliphatic heterocycles. The van der Waals surface area contributed by atoms with Crippen molar-refractivity contribution in [1.82, 2.24) is 0 Å². The molecule has 1 aliphatic carbocycles. The first-order valence-corrected chi connectivity index (χ1v) is 6.37. The molecule has 1 saturated carbocycles. The van der Waals surface area contributed by atoms with Gasteiger partial charge in [0.05, 0.1) is 12.7 Å². The van der Waals surface area contributed by atoms with Gasteiger partial charge in [-0.15, -0.1) is 0 Å². The van der Waals surface area contributed by atoms with Gasteiger partial charge in [-0.2, -0.15) is 0 Å². The van der Waals surface area contributed by atoms with E-state index in [1.165, 1.54) is 0 Å². The Morgan fingerprint density at radius 1 is 1.50 bits per heavy atom. The minimum Gasteiger partial charge on any atom is -0.496 e. The molecule has 1 atom stereocenters. The topological polar surface area (TPSA) is 29.5 Å². The molecule has 0 radical (unpaired) electrons. The number of aliphatic hydroxyl groups is 1. The van der Waals surface area contributed by atoms with E-state index in [4.69, 9.17) is 4.74 Å². The third-order valence-corrected chi connectivity index (χ3v) is 3.74. The normalized spacial score (nSPS) is 19.2. The van der Waals surface area contributed by atoms with Crippen LogP contribution in [-0.4, -0.2) is 17.8 Å². The Morgan fingerprint density at radius 2 is 2.19 bits per heavy atom. The lowest BCUT2D eigenvalue weighted by Crippen LogP contribution is -2.29. The third kappa shape index (κ3) is 2.58. The van der Waals surface area contributed by atoms with Crippen molar-refractivity contribution >= 4 is 15.9 Å². The fourth-order valence-electron chi connectivity index (χ4n) is 2.12. The Labute approximate surface area is 105 Å². The van der Waals surface area contributed by atoms with Crippen molar-refractivity contribution < 1.29 is 9.84 Å². The fourth-order valence-corrected chi connectivity index (χ4v) is 2.53. The van der Waals surface area contributed by atoms with E-state index in [1.807, 2.05) is 25.1 Å². The van der Waals surface area contributed by atoms with Gasteiger partial charge in [0.1, 0.15) is 5.75 Å². The van der Waals surface area contributed by atoms with E-state index in [0.717, 1.165) is 28.6 Å². The molecule has 0 saturated heterocycles. The van der Waals surface area contributed by atoms with E-state index in [1.54, 1.807) is 7.11 Å². The number of rotatable bonds is 4. The number of hydrogen-bond donors (Lipinski definition) is 1. The molecular formula is C13H17BrO2. The minimum atomic E-state index is -0.603. The Morgan fingerprint density at radius 3 is 2.75 bits per heavy atom. The van der Waals surface area contributed by atoms with Gasteiger partial charge in [0.2, 0.25) is 0 Å². The molecule has 1 unspecified atom stereocenters. The van der Waals surface area contributed by atoms with Crippen LogP contribution in [0.15, 0.2) is 22.7 Å². The molecule has 1 aliphatic rings. The molecule has 88 valence electrons. The zero-order valence-corrected chi connectivity index (χ0v) is 11.3. The number of ether oxygens (including phenoxy) is 1. The molecule has 2 nitrogen and oxygen atoms in total. The summed E-state index contributed by atoms with van der Waals surface area (Å²) in [6.45, 7) is 1.92. The lowest BCUT2D eigenvalue weighted by molar-refractivity contribution is 0.0366.